The maximum Gasteiger partial charge on any atom is 0.242 e. The Morgan fingerprint density at radius 3 is 2.86 bits per heavy atom. The smallest absolute Gasteiger partial charge is 0.242 e. The Kier molecular flexibility index (Phi) is 4.19. The van der Waals surface area contributed by atoms with E-state index in [2.05, 4.69) is 14.9 Å². The molecule has 116 valence electrons. The van der Waals surface area contributed by atoms with Gasteiger partial charge in [-0.1, -0.05) is 19.1 Å². The monoisotopic (exact) mass is 309 g/mol. The van der Waals surface area contributed by atoms with E-state index in [1.54, 1.807) is 19.1 Å². The van der Waals surface area contributed by atoms with E-state index in [4.69, 9.17) is 0 Å². The summed E-state index contributed by atoms with van der Waals surface area (Å²) in [5, 5.41) is 3.48. The molecule has 6 heteroatoms. The van der Waals surface area contributed by atoms with Gasteiger partial charge in [0, 0.05) is 25.2 Å². The van der Waals surface area contributed by atoms with Crippen molar-refractivity contribution in [3.05, 3.63) is 24.3 Å². The molecule has 5 nitrogen and oxygen atoms in total. The molecule has 0 saturated carbocycles. The average molecular weight is 309 g/mol. The molecule has 2 aliphatic heterocycles. The molecule has 0 aromatic heterocycles. The van der Waals surface area contributed by atoms with Crippen LogP contribution < -0.4 is 10.0 Å². The van der Waals surface area contributed by atoms with Gasteiger partial charge in [0.05, 0.1) is 5.69 Å². The van der Waals surface area contributed by atoms with E-state index in [1.807, 2.05) is 12.1 Å². The third-order valence-electron chi connectivity index (χ3n) is 4.46. The molecule has 2 atom stereocenters. The summed E-state index contributed by atoms with van der Waals surface area (Å²) >= 11 is 0. The first kappa shape index (κ1) is 14.8. The highest BCUT2D eigenvalue weighted by Gasteiger charge is 2.37. The molecule has 2 saturated heterocycles. The van der Waals surface area contributed by atoms with Crippen molar-refractivity contribution < 1.29 is 8.42 Å². The van der Waals surface area contributed by atoms with E-state index < -0.39 is 10.0 Å². The van der Waals surface area contributed by atoms with Crippen molar-refractivity contribution >= 4 is 15.7 Å². The lowest BCUT2D eigenvalue weighted by Crippen LogP contribution is -2.34. The van der Waals surface area contributed by atoms with Crippen molar-refractivity contribution in [1.82, 2.24) is 9.62 Å². The number of sulfonamides is 1. The van der Waals surface area contributed by atoms with Gasteiger partial charge in [-0.25, -0.2) is 13.1 Å². The van der Waals surface area contributed by atoms with Gasteiger partial charge in [-0.2, -0.15) is 0 Å². The molecule has 3 rings (SSSR count). The number of nitrogens with one attached hydrogen (secondary N) is 2. The first-order valence-electron chi connectivity index (χ1n) is 7.71. The van der Waals surface area contributed by atoms with Gasteiger partial charge in [0.1, 0.15) is 4.90 Å². The van der Waals surface area contributed by atoms with Crippen LogP contribution in [0.15, 0.2) is 29.2 Å². The van der Waals surface area contributed by atoms with Crippen molar-refractivity contribution in [2.24, 2.45) is 0 Å². The lowest BCUT2D eigenvalue weighted by atomic mass is 10.1. The molecule has 0 spiro atoms. The SMILES string of the molecule is CCNS(=O)(=O)c1ccccc1NC1CCN2CCCC12. The Hall–Kier alpha value is -1.11. The molecule has 1 aromatic carbocycles. The summed E-state index contributed by atoms with van der Waals surface area (Å²) in [7, 11) is -3.43. The maximum absolute atomic E-state index is 12.3. The fourth-order valence-electron chi connectivity index (χ4n) is 3.54. The van der Waals surface area contributed by atoms with Crippen LogP contribution in [0.2, 0.25) is 0 Å². The lowest BCUT2D eigenvalue weighted by molar-refractivity contribution is 0.318. The van der Waals surface area contributed by atoms with Gasteiger partial charge in [-0.3, -0.25) is 4.90 Å². The number of rotatable bonds is 5. The first-order chi connectivity index (χ1) is 10.1. The van der Waals surface area contributed by atoms with Crippen LogP contribution in [-0.4, -0.2) is 45.0 Å². The highest BCUT2D eigenvalue weighted by Crippen LogP contribution is 2.31. The van der Waals surface area contributed by atoms with Crippen molar-refractivity contribution in [1.29, 1.82) is 0 Å². The number of anilines is 1. The standard InChI is InChI=1S/C15H23N3O2S/c1-2-16-21(19,20)15-8-4-3-6-13(15)17-12-9-11-18-10-5-7-14(12)18/h3-4,6,8,12,14,16-17H,2,5,7,9-11H2,1H3. The zero-order chi connectivity index (χ0) is 14.9. The number of hydrogen-bond acceptors (Lipinski definition) is 4. The maximum atomic E-state index is 12.3. The topological polar surface area (TPSA) is 61.4 Å². The number of nitrogens with zero attached hydrogens (tertiary/aromatic N) is 1. The minimum Gasteiger partial charge on any atom is -0.380 e. The number of fused-ring (bicyclic) bond motifs is 1. The number of benzene rings is 1. The van der Waals surface area contributed by atoms with Crippen LogP contribution in [0, 0.1) is 0 Å². The summed E-state index contributed by atoms with van der Waals surface area (Å²) in [5.41, 5.74) is 0.720. The minimum atomic E-state index is -3.43. The van der Waals surface area contributed by atoms with Crippen molar-refractivity contribution in [2.45, 2.75) is 43.2 Å². The van der Waals surface area contributed by atoms with Crippen LogP contribution in [-0.2, 0) is 10.0 Å². The Bertz CT molecular complexity index is 603. The van der Waals surface area contributed by atoms with Crippen LogP contribution in [0.25, 0.3) is 0 Å². The Morgan fingerprint density at radius 1 is 1.24 bits per heavy atom. The molecule has 21 heavy (non-hydrogen) atoms. The van der Waals surface area contributed by atoms with Crippen molar-refractivity contribution in [3.63, 3.8) is 0 Å². The van der Waals surface area contributed by atoms with Crippen molar-refractivity contribution in [2.75, 3.05) is 25.0 Å². The minimum absolute atomic E-state index is 0.350. The molecule has 0 amide bonds. The lowest BCUT2D eigenvalue weighted by Gasteiger charge is -2.23. The quantitative estimate of drug-likeness (QED) is 0.868. The second-order valence-corrected chi connectivity index (χ2v) is 7.52. The Labute approximate surface area is 126 Å². The molecular weight excluding hydrogens is 286 g/mol. The largest absolute Gasteiger partial charge is 0.380 e. The molecule has 0 bridgehead atoms. The van der Waals surface area contributed by atoms with Gasteiger partial charge >= 0.3 is 0 Å². The van der Waals surface area contributed by atoms with E-state index in [0.29, 0.717) is 23.5 Å². The third kappa shape index (κ3) is 2.93. The molecule has 2 N–H and O–H groups in total. The van der Waals surface area contributed by atoms with Gasteiger partial charge < -0.3 is 5.32 Å². The fraction of sp³-hybridized carbons (Fsp3) is 0.600. The van der Waals surface area contributed by atoms with Gasteiger partial charge in [0.2, 0.25) is 10.0 Å². The summed E-state index contributed by atoms with van der Waals surface area (Å²) < 4.78 is 27.2. The van der Waals surface area contributed by atoms with Gasteiger partial charge in [-0.15, -0.1) is 0 Å². The Morgan fingerprint density at radius 2 is 2.05 bits per heavy atom. The van der Waals surface area contributed by atoms with Crippen LogP contribution in [0.4, 0.5) is 5.69 Å². The van der Waals surface area contributed by atoms with E-state index in [1.165, 1.54) is 19.4 Å². The van der Waals surface area contributed by atoms with E-state index in [9.17, 15) is 8.42 Å². The Balaban J connectivity index is 1.83. The average Bonchev–Trinajstić information content (AvgIpc) is 3.04. The third-order valence-corrected chi connectivity index (χ3v) is 6.06. The highest BCUT2D eigenvalue weighted by atomic mass is 32.2. The zero-order valence-corrected chi connectivity index (χ0v) is 13.2. The number of para-hydroxylation sites is 1. The van der Waals surface area contributed by atoms with E-state index >= 15 is 0 Å². The van der Waals surface area contributed by atoms with Gasteiger partial charge in [0.25, 0.3) is 0 Å². The van der Waals surface area contributed by atoms with Crippen LogP contribution in [0.1, 0.15) is 26.2 Å². The highest BCUT2D eigenvalue weighted by molar-refractivity contribution is 7.89. The summed E-state index contributed by atoms with van der Waals surface area (Å²) in [5.74, 6) is 0. The zero-order valence-electron chi connectivity index (χ0n) is 12.4. The second kappa shape index (κ2) is 5.94. The molecule has 2 aliphatic rings. The molecule has 0 aliphatic carbocycles. The molecule has 2 heterocycles. The molecule has 0 radical (unpaired) electrons. The molecule has 1 aromatic rings. The predicted octanol–water partition coefficient (Wildman–Crippen LogP) is 1.63. The summed E-state index contributed by atoms with van der Waals surface area (Å²) in [4.78, 5) is 2.86. The van der Waals surface area contributed by atoms with Crippen molar-refractivity contribution in [3.8, 4) is 0 Å². The number of hydrogen-bond donors (Lipinski definition) is 2. The van der Waals surface area contributed by atoms with Crippen LogP contribution in [0.3, 0.4) is 0 Å². The predicted molar refractivity (Wildman–Crippen MR) is 83.9 cm³/mol. The first-order valence-corrected chi connectivity index (χ1v) is 9.19. The summed E-state index contributed by atoms with van der Waals surface area (Å²) in [6, 6.07) is 8.09. The van der Waals surface area contributed by atoms with E-state index in [0.717, 1.165) is 18.7 Å². The fourth-order valence-corrected chi connectivity index (χ4v) is 4.75. The second-order valence-electron chi connectivity index (χ2n) is 5.78. The van der Waals surface area contributed by atoms with E-state index in [-0.39, 0.29) is 0 Å². The molecular formula is C15H23N3O2S. The molecule has 2 unspecified atom stereocenters. The molecule has 2 fully saturated rings. The van der Waals surface area contributed by atoms with Crippen LogP contribution in [0.5, 0.6) is 0 Å². The summed E-state index contributed by atoms with van der Waals surface area (Å²) in [6.45, 7) is 4.49. The van der Waals surface area contributed by atoms with Gasteiger partial charge in [-0.05, 0) is 37.9 Å². The van der Waals surface area contributed by atoms with Gasteiger partial charge in [0.15, 0.2) is 0 Å². The summed E-state index contributed by atoms with van der Waals surface area (Å²) in [6.07, 6.45) is 3.54. The normalized spacial score (nSPS) is 26.0. The van der Waals surface area contributed by atoms with Crippen LogP contribution >= 0.6 is 0 Å².